The second-order valence-electron chi connectivity index (χ2n) is 11.7. The first-order valence-electron chi connectivity index (χ1n) is 14.6. The second kappa shape index (κ2) is 10.4. The summed E-state index contributed by atoms with van der Waals surface area (Å²) in [5, 5.41) is 0. The van der Waals surface area contributed by atoms with Gasteiger partial charge < -0.3 is 0 Å². The Balaban J connectivity index is 1.17. The molecule has 0 radical (unpaired) electrons. The lowest BCUT2D eigenvalue weighted by Gasteiger charge is -2.23. The first-order valence-corrected chi connectivity index (χ1v) is 17.1. The number of fused-ring (bicyclic) bond motifs is 4. The molecule has 2 heterocycles. The fourth-order valence-electron chi connectivity index (χ4n) is 6.41. The largest absolute Gasteiger partial charge is 0.244 e. The predicted octanol–water partition coefficient (Wildman–Crippen LogP) is 10.6. The van der Waals surface area contributed by atoms with Crippen molar-refractivity contribution < 1.29 is 0 Å². The molecule has 0 amide bonds. The molecule has 0 spiro atoms. The van der Waals surface area contributed by atoms with Crippen molar-refractivity contribution in [3.8, 4) is 44.8 Å². The summed E-state index contributed by atoms with van der Waals surface area (Å²) in [5.41, 5.74) is 16.2. The Kier molecular flexibility index (Phi) is 6.30. The molecular weight excluding hydrogens is 635 g/mol. The molecule has 206 valence electrons. The maximum atomic E-state index is 5.08. The minimum atomic E-state index is -0.0719. The zero-order chi connectivity index (χ0) is 29.0. The Morgan fingerprint density at radius 2 is 1.07 bits per heavy atom. The van der Waals surface area contributed by atoms with Gasteiger partial charge in [0.15, 0.2) is 0 Å². The Morgan fingerprint density at radius 3 is 1.70 bits per heavy atom. The van der Waals surface area contributed by atoms with E-state index < -0.39 is 0 Å². The SMILES string of the molecule is CC1(C)c2cc(C3=CC=IC=C3)ccc2-c2ccc(-c3ccc(-c4nc5ccccc5nc4-c4ccccc4)cc3)cc21. The highest BCUT2D eigenvalue weighted by atomic mass is 127. The number of halogens is 1. The van der Waals surface area contributed by atoms with Crippen molar-refractivity contribution in [2.24, 2.45) is 0 Å². The van der Waals surface area contributed by atoms with Gasteiger partial charge in [-0.1, -0.05) is 126 Å². The Labute approximate surface area is 262 Å². The van der Waals surface area contributed by atoms with Crippen molar-refractivity contribution in [1.82, 2.24) is 9.97 Å². The van der Waals surface area contributed by atoms with Crippen LogP contribution in [0, 0.1) is 0 Å². The van der Waals surface area contributed by atoms with Gasteiger partial charge >= 0.3 is 0 Å². The van der Waals surface area contributed by atoms with Gasteiger partial charge in [0.2, 0.25) is 0 Å². The normalized spacial score (nSPS) is 14.6. The molecule has 1 aliphatic heterocycles. The number of hydrogen-bond acceptors (Lipinski definition) is 2. The summed E-state index contributed by atoms with van der Waals surface area (Å²) in [6.45, 7) is 4.72. The summed E-state index contributed by atoms with van der Waals surface area (Å²) < 4.78 is 4.68. The molecule has 3 heteroatoms. The van der Waals surface area contributed by atoms with Gasteiger partial charge in [-0.05, 0) is 89.0 Å². The van der Waals surface area contributed by atoms with Crippen LogP contribution in [0.25, 0.3) is 61.4 Å². The van der Waals surface area contributed by atoms with E-state index in [4.69, 9.17) is 9.97 Å². The minimum absolute atomic E-state index is 0.0719. The second-order valence-corrected chi connectivity index (χ2v) is 13.8. The van der Waals surface area contributed by atoms with Gasteiger partial charge in [0, 0.05) is 16.5 Å². The molecule has 0 saturated carbocycles. The third kappa shape index (κ3) is 4.50. The Hall–Kier alpha value is -4.48. The number of hydrogen-bond donors (Lipinski definition) is 0. The average molecular weight is 665 g/mol. The highest BCUT2D eigenvalue weighted by Gasteiger charge is 2.36. The molecule has 0 N–H and O–H groups in total. The van der Waals surface area contributed by atoms with Gasteiger partial charge in [-0.25, -0.2) is 9.97 Å². The van der Waals surface area contributed by atoms with Crippen molar-refractivity contribution >= 4 is 41.3 Å². The van der Waals surface area contributed by atoms with Gasteiger partial charge in [0.05, 0.1) is 22.4 Å². The van der Waals surface area contributed by atoms with Crippen LogP contribution in [0.2, 0.25) is 0 Å². The zero-order valence-electron chi connectivity index (χ0n) is 24.1. The summed E-state index contributed by atoms with van der Waals surface area (Å²) in [6.07, 6.45) is 4.58. The number of para-hydroxylation sites is 2. The third-order valence-corrected chi connectivity index (χ3v) is 10.3. The molecular formula is C40H29IN2. The predicted molar refractivity (Wildman–Crippen MR) is 191 cm³/mol. The molecule has 1 aromatic heterocycles. The van der Waals surface area contributed by atoms with Crippen LogP contribution in [-0.4, -0.2) is 14.0 Å². The van der Waals surface area contributed by atoms with Gasteiger partial charge in [-0.15, -0.1) is 0 Å². The van der Waals surface area contributed by atoms with E-state index >= 15 is 0 Å². The van der Waals surface area contributed by atoms with Crippen LogP contribution in [0.4, 0.5) is 0 Å². The fraction of sp³-hybridized carbons (Fsp3) is 0.0750. The molecule has 43 heavy (non-hydrogen) atoms. The molecule has 0 saturated heterocycles. The van der Waals surface area contributed by atoms with Crippen molar-refractivity contribution in [2.75, 3.05) is 0 Å². The Bertz CT molecular complexity index is 2130. The standard InChI is InChI=1S/C40H29IN2/c1-40(2)34-24-30(16-18-32(34)33-19-17-31(25-35(33)40)27-20-22-41-23-21-27)26-12-14-29(15-13-26)39-38(28-8-4-3-5-9-28)42-36-10-6-7-11-37(36)43-39/h3-25H,1-2H3. The van der Waals surface area contributed by atoms with E-state index in [1.807, 2.05) is 30.3 Å². The monoisotopic (exact) mass is 664 g/mol. The van der Waals surface area contributed by atoms with E-state index in [0.29, 0.717) is 0 Å². The zero-order valence-corrected chi connectivity index (χ0v) is 26.2. The van der Waals surface area contributed by atoms with Crippen LogP contribution in [0.15, 0.2) is 131 Å². The van der Waals surface area contributed by atoms with Crippen LogP contribution >= 0.6 is 20.7 Å². The van der Waals surface area contributed by atoms with E-state index in [1.54, 1.807) is 0 Å². The van der Waals surface area contributed by atoms with Gasteiger partial charge in [-0.2, -0.15) is 0 Å². The first-order chi connectivity index (χ1) is 21.1. The van der Waals surface area contributed by atoms with E-state index in [2.05, 4.69) is 119 Å². The molecule has 1 aliphatic carbocycles. The average Bonchev–Trinajstić information content (AvgIpc) is 3.30. The van der Waals surface area contributed by atoms with E-state index in [0.717, 1.165) is 33.5 Å². The van der Waals surface area contributed by atoms with E-state index in [9.17, 15) is 0 Å². The maximum Gasteiger partial charge on any atom is 0.0973 e. The molecule has 0 unspecified atom stereocenters. The topological polar surface area (TPSA) is 25.8 Å². The quantitative estimate of drug-likeness (QED) is 0.175. The molecule has 8 rings (SSSR count). The summed E-state index contributed by atoms with van der Waals surface area (Å²) >= 11 is 0.0812. The van der Waals surface area contributed by atoms with E-state index in [1.165, 1.54) is 44.5 Å². The first kappa shape index (κ1) is 26.2. The number of nitrogens with zero attached hydrogens (tertiary/aromatic N) is 2. The molecule has 2 nitrogen and oxygen atoms in total. The smallest absolute Gasteiger partial charge is 0.0973 e. The highest BCUT2D eigenvalue weighted by Crippen LogP contribution is 2.50. The number of benzene rings is 5. The summed E-state index contributed by atoms with van der Waals surface area (Å²) in [7, 11) is 0. The third-order valence-electron chi connectivity index (χ3n) is 8.75. The van der Waals surface area contributed by atoms with Crippen LogP contribution in [0.5, 0.6) is 0 Å². The van der Waals surface area contributed by atoms with Crippen LogP contribution < -0.4 is 0 Å². The summed E-state index contributed by atoms with van der Waals surface area (Å²) in [6, 6.07) is 41.2. The lowest BCUT2D eigenvalue weighted by Crippen LogP contribution is -2.15. The van der Waals surface area contributed by atoms with Crippen molar-refractivity contribution in [3.05, 3.63) is 148 Å². The van der Waals surface area contributed by atoms with Crippen molar-refractivity contribution in [1.29, 1.82) is 0 Å². The van der Waals surface area contributed by atoms with E-state index in [-0.39, 0.29) is 26.1 Å². The number of aromatic nitrogens is 2. The van der Waals surface area contributed by atoms with Crippen LogP contribution in [0.3, 0.4) is 0 Å². The number of rotatable bonds is 4. The lowest BCUT2D eigenvalue weighted by atomic mass is 9.80. The van der Waals surface area contributed by atoms with Gasteiger partial charge in [0.1, 0.15) is 0 Å². The molecule has 6 aromatic rings. The maximum absolute atomic E-state index is 5.08. The minimum Gasteiger partial charge on any atom is -0.244 e. The van der Waals surface area contributed by atoms with Crippen molar-refractivity contribution in [3.63, 3.8) is 0 Å². The summed E-state index contributed by atoms with van der Waals surface area (Å²) in [5.74, 6) is 0. The molecule has 0 bridgehead atoms. The molecule has 2 aliphatic rings. The lowest BCUT2D eigenvalue weighted by molar-refractivity contribution is 0.660. The summed E-state index contributed by atoms with van der Waals surface area (Å²) in [4.78, 5) is 10.1. The van der Waals surface area contributed by atoms with Gasteiger partial charge in [0.25, 0.3) is 0 Å². The highest BCUT2D eigenvalue weighted by molar-refractivity contribution is 14.2. The van der Waals surface area contributed by atoms with Crippen LogP contribution in [0.1, 0.15) is 30.5 Å². The fourth-order valence-corrected chi connectivity index (χ4v) is 7.84. The molecule has 5 aromatic carbocycles. The number of allylic oxidation sites excluding steroid dienone is 3. The Morgan fingerprint density at radius 1 is 0.535 bits per heavy atom. The van der Waals surface area contributed by atoms with Crippen molar-refractivity contribution in [2.45, 2.75) is 19.3 Å². The van der Waals surface area contributed by atoms with Crippen LogP contribution in [-0.2, 0) is 5.41 Å². The molecule has 0 fully saturated rings. The van der Waals surface area contributed by atoms with Gasteiger partial charge in [-0.3, -0.25) is 0 Å². The molecule has 0 atom stereocenters.